The van der Waals surface area contributed by atoms with Crippen molar-refractivity contribution in [2.75, 3.05) is 0 Å². The van der Waals surface area contributed by atoms with Gasteiger partial charge in [0, 0.05) is 16.2 Å². The third kappa shape index (κ3) is 4.14. The first-order chi connectivity index (χ1) is 24.6. The number of hydrogen-bond acceptors (Lipinski definition) is 0. The fourth-order valence-electron chi connectivity index (χ4n) is 10.9. The van der Waals surface area contributed by atoms with Crippen molar-refractivity contribution >= 4 is 0 Å². The fraction of sp³-hybridized carbons (Fsp3) is 0.294. The van der Waals surface area contributed by atoms with E-state index in [-0.39, 0.29) is 16.2 Å². The second kappa shape index (κ2) is 11.2. The Hall–Kier alpha value is -4.68. The smallest absolute Gasteiger partial charge is 0.0210 e. The van der Waals surface area contributed by atoms with Gasteiger partial charge in [-0.15, -0.1) is 0 Å². The van der Waals surface area contributed by atoms with E-state index in [0.29, 0.717) is 0 Å². The Morgan fingerprint density at radius 1 is 0.353 bits per heavy atom. The van der Waals surface area contributed by atoms with Gasteiger partial charge in [-0.3, -0.25) is 0 Å². The van der Waals surface area contributed by atoms with Crippen LogP contribution in [0.15, 0.2) is 109 Å². The highest BCUT2D eigenvalue weighted by molar-refractivity contribution is 5.91. The number of benzene rings is 6. The first-order valence-corrected chi connectivity index (χ1v) is 19.4. The van der Waals surface area contributed by atoms with E-state index in [0.717, 1.165) is 25.7 Å². The van der Waals surface area contributed by atoms with Crippen molar-refractivity contribution in [3.63, 3.8) is 0 Å². The summed E-state index contributed by atoms with van der Waals surface area (Å²) in [7, 11) is 0. The lowest BCUT2D eigenvalue weighted by molar-refractivity contribution is 0.490. The van der Waals surface area contributed by atoms with Crippen LogP contribution in [0, 0.1) is 13.8 Å². The lowest BCUT2D eigenvalue weighted by atomic mass is 9.73. The summed E-state index contributed by atoms with van der Waals surface area (Å²) in [6, 6.07) is 42.9. The van der Waals surface area contributed by atoms with Gasteiger partial charge in [-0.2, -0.15) is 0 Å². The first kappa shape index (κ1) is 32.2. The number of fused-ring (bicyclic) bond motifs is 9. The molecule has 0 saturated heterocycles. The minimum atomic E-state index is -0.0600. The van der Waals surface area contributed by atoms with E-state index in [9.17, 15) is 0 Å². The van der Waals surface area contributed by atoms with Crippen LogP contribution in [0.2, 0.25) is 0 Å². The lowest BCUT2D eigenvalue weighted by Crippen LogP contribution is -2.23. The number of rotatable bonds is 6. The van der Waals surface area contributed by atoms with Crippen LogP contribution in [0.3, 0.4) is 0 Å². The Kier molecular flexibility index (Phi) is 7.05. The topological polar surface area (TPSA) is 0 Å². The lowest BCUT2D eigenvalue weighted by Gasteiger charge is -2.30. The summed E-state index contributed by atoms with van der Waals surface area (Å²) >= 11 is 0. The third-order valence-electron chi connectivity index (χ3n) is 13.9. The van der Waals surface area contributed by atoms with E-state index in [1.165, 1.54) is 100 Å². The minimum Gasteiger partial charge on any atom is -0.0642 e. The zero-order chi connectivity index (χ0) is 35.4. The molecule has 0 nitrogen and oxygen atoms in total. The molecule has 0 aliphatic heterocycles. The van der Waals surface area contributed by atoms with E-state index in [4.69, 9.17) is 0 Å². The summed E-state index contributed by atoms with van der Waals surface area (Å²) < 4.78 is 0. The molecule has 0 bridgehead atoms. The van der Waals surface area contributed by atoms with Crippen molar-refractivity contribution in [3.8, 4) is 55.6 Å². The van der Waals surface area contributed by atoms with E-state index < -0.39 is 0 Å². The van der Waals surface area contributed by atoms with E-state index in [1.54, 1.807) is 0 Å². The molecule has 6 aromatic carbocycles. The van der Waals surface area contributed by atoms with E-state index in [2.05, 4.69) is 165 Å². The van der Waals surface area contributed by atoms with Crippen LogP contribution in [-0.4, -0.2) is 0 Å². The van der Waals surface area contributed by atoms with Crippen LogP contribution in [-0.2, 0) is 16.2 Å². The molecule has 3 aliphatic rings. The van der Waals surface area contributed by atoms with Crippen LogP contribution in [0.5, 0.6) is 0 Å². The summed E-state index contributed by atoms with van der Waals surface area (Å²) in [5.41, 5.74) is 25.5. The Balaban J connectivity index is 1.19. The Morgan fingerprint density at radius 2 is 0.725 bits per heavy atom. The van der Waals surface area contributed by atoms with Crippen molar-refractivity contribution in [1.29, 1.82) is 0 Å². The minimum absolute atomic E-state index is 0.0600. The molecular formula is C51H50. The molecule has 0 radical (unpaired) electrons. The van der Waals surface area contributed by atoms with Crippen molar-refractivity contribution in [2.24, 2.45) is 0 Å². The van der Waals surface area contributed by atoms with Gasteiger partial charge in [0.25, 0.3) is 0 Å². The third-order valence-corrected chi connectivity index (χ3v) is 13.9. The molecule has 0 aromatic heterocycles. The Morgan fingerprint density at radius 3 is 1.12 bits per heavy atom. The molecular weight excluding hydrogens is 613 g/mol. The summed E-state index contributed by atoms with van der Waals surface area (Å²) in [6.07, 6.45) is 4.43. The highest BCUT2D eigenvalue weighted by Gasteiger charge is 2.42. The van der Waals surface area contributed by atoms with Crippen LogP contribution in [0.1, 0.15) is 112 Å². The molecule has 0 N–H and O–H groups in total. The van der Waals surface area contributed by atoms with Gasteiger partial charge in [-0.05, 0) is 164 Å². The van der Waals surface area contributed by atoms with Crippen LogP contribution in [0.4, 0.5) is 0 Å². The van der Waals surface area contributed by atoms with Crippen molar-refractivity contribution in [1.82, 2.24) is 0 Å². The highest BCUT2D eigenvalue weighted by Crippen LogP contribution is 2.57. The molecule has 0 spiro atoms. The molecule has 0 fully saturated rings. The molecule has 0 heterocycles. The van der Waals surface area contributed by atoms with E-state index in [1.807, 2.05) is 0 Å². The normalized spacial score (nSPS) is 16.2. The van der Waals surface area contributed by atoms with Crippen LogP contribution in [0.25, 0.3) is 55.6 Å². The maximum absolute atomic E-state index is 2.54. The van der Waals surface area contributed by atoms with Gasteiger partial charge < -0.3 is 0 Å². The zero-order valence-electron chi connectivity index (χ0n) is 31.7. The van der Waals surface area contributed by atoms with Gasteiger partial charge >= 0.3 is 0 Å². The second-order valence-corrected chi connectivity index (χ2v) is 16.2. The molecule has 3 aliphatic carbocycles. The monoisotopic (exact) mass is 662 g/mol. The van der Waals surface area contributed by atoms with Crippen molar-refractivity contribution in [2.45, 2.75) is 97.3 Å². The van der Waals surface area contributed by atoms with Crippen molar-refractivity contribution < 1.29 is 0 Å². The number of aryl methyl sites for hydroxylation is 2. The summed E-state index contributed by atoms with van der Waals surface area (Å²) in [5.74, 6) is 0. The SMILES string of the molecule is CCC1(CC)c2ccccc2-c2ccc(-c3cc4c(cc3C)C(C)(C)c3cc(C)c(-c5ccc6c(c5)C(CC)(CC)c5ccccc5-6)cc3-4)cc21. The predicted octanol–water partition coefficient (Wildman–Crippen LogP) is 14.1. The molecule has 9 rings (SSSR count). The second-order valence-electron chi connectivity index (χ2n) is 16.2. The van der Waals surface area contributed by atoms with E-state index >= 15 is 0 Å². The van der Waals surface area contributed by atoms with Gasteiger partial charge in [0.05, 0.1) is 0 Å². The maximum atomic E-state index is 2.54. The van der Waals surface area contributed by atoms with Gasteiger partial charge in [-0.1, -0.05) is 126 Å². The molecule has 0 atom stereocenters. The average molecular weight is 663 g/mol. The Labute approximate surface area is 305 Å². The van der Waals surface area contributed by atoms with Gasteiger partial charge in [-0.25, -0.2) is 0 Å². The summed E-state index contributed by atoms with van der Waals surface area (Å²) in [6.45, 7) is 18.9. The Bertz CT molecular complexity index is 2240. The van der Waals surface area contributed by atoms with Gasteiger partial charge in [0.1, 0.15) is 0 Å². The molecule has 254 valence electrons. The average Bonchev–Trinajstić information content (AvgIpc) is 3.68. The standard InChI is InChI=1S/C51H50/c1-9-50(10-2)43-19-15-13-17-35(43)37-23-21-33(27-47(37)50)39-29-41-42-30-40(32(6)26-46(42)49(7,8)45(41)25-31(39)5)34-22-24-38-36-18-14-16-20-44(36)51(11-3,12-4)48(38)28-34/h13-30H,9-12H2,1-8H3. The zero-order valence-corrected chi connectivity index (χ0v) is 31.7. The molecule has 0 heteroatoms. The molecule has 0 unspecified atom stereocenters. The largest absolute Gasteiger partial charge is 0.0642 e. The predicted molar refractivity (Wildman–Crippen MR) is 218 cm³/mol. The van der Waals surface area contributed by atoms with Crippen molar-refractivity contribution in [3.05, 3.63) is 154 Å². The van der Waals surface area contributed by atoms with Gasteiger partial charge in [0.2, 0.25) is 0 Å². The first-order valence-electron chi connectivity index (χ1n) is 19.4. The van der Waals surface area contributed by atoms with Crippen LogP contribution < -0.4 is 0 Å². The molecule has 51 heavy (non-hydrogen) atoms. The number of hydrogen-bond donors (Lipinski definition) is 0. The molecule has 0 saturated carbocycles. The van der Waals surface area contributed by atoms with Crippen LogP contribution >= 0.6 is 0 Å². The highest BCUT2D eigenvalue weighted by atomic mass is 14.5. The molecule has 0 amide bonds. The molecule has 6 aromatic rings. The summed E-state index contributed by atoms with van der Waals surface area (Å²) in [4.78, 5) is 0. The quantitative estimate of drug-likeness (QED) is 0.166. The summed E-state index contributed by atoms with van der Waals surface area (Å²) in [5, 5.41) is 0. The van der Waals surface area contributed by atoms with Gasteiger partial charge in [0.15, 0.2) is 0 Å². The maximum Gasteiger partial charge on any atom is 0.0210 e. The fourth-order valence-corrected chi connectivity index (χ4v) is 10.9.